The minimum atomic E-state index is -0.0101. The van der Waals surface area contributed by atoms with E-state index in [4.69, 9.17) is 9.72 Å². The SMILES string of the molecule is CCOc1ccc(CC(=O)N2CCCC[C@@H]2c2ncc3c(n2)CCNC3)cc1. The third-order valence-electron chi connectivity index (χ3n) is 5.54. The van der Waals surface area contributed by atoms with E-state index in [9.17, 15) is 4.79 Å². The third-order valence-corrected chi connectivity index (χ3v) is 5.54. The van der Waals surface area contributed by atoms with Crippen LogP contribution in [-0.2, 0) is 24.2 Å². The first-order valence-corrected chi connectivity index (χ1v) is 10.3. The summed E-state index contributed by atoms with van der Waals surface area (Å²) < 4.78 is 5.49. The Morgan fingerprint density at radius 2 is 2.14 bits per heavy atom. The number of carbonyl (C=O) groups excluding carboxylic acids is 1. The summed E-state index contributed by atoms with van der Waals surface area (Å²) in [6.45, 7) is 5.18. The first-order valence-electron chi connectivity index (χ1n) is 10.3. The molecule has 4 rings (SSSR count). The Morgan fingerprint density at radius 1 is 1.29 bits per heavy atom. The Bertz CT molecular complexity index is 822. The van der Waals surface area contributed by atoms with E-state index in [0.717, 1.165) is 68.1 Å². The van der Waals surface area contributed by atoms with Crippen molar-refractivity contribution in [2.24, 2.45) is 0 Å². The van der Waals surface area contributed by atoms with Crippen LogP contribution in [0.25, 0.3) is 0 Å². The molecule has 148 valence electrons. The van der Waals surface area contributed by atoms with Crippen LogP contribution < -0.4 is 10.1 Å². The van der Waals surface area contributed by atoms with Gasteiger partial charge in [-0.15, -0.1) is 0 Å². The molecule has 28 heavy (non-hydrogen) atoms. The fourth-order valence-corrected chi connectivity index (χ4v) is 4.06. The molecule has 0 saturated carbocycles. The van der Waals surface area contributed by atoms with Crippen LogP contribution in [0.4, 0.5) is 0 Å². The Balaban J connectivity index is 1.49. The van der Waals surface area contributed by atoms with Crippen LogP contribution in [0.15, 0.2) is 30.5 Å². The molecular weight excluding hydrogens is 352 g/mol. The normalized spacial score (nSPS) is 19.2. The van der Waals surface area contributed by atoms with Gasteiger partial charge in [0.15, 0.2) is 5.82 Å². The summed E-state index contributed by atoms with van der Waals surface area (Å²) in [4.78, 5) is 24.5. The largest absolute Gasteiger partial charge is 0.494 e. The van der Waals surface area contributed by atoms with Crippen molar-refractivity contribution < 1.29 is 9.53 Å². The fourth-order valence-electron chi connectivity index (χ4n) is 4.06. The predicted octanol–water partition coefficient (Wildman–Crippen LogP) is 2.82. The molecule has 3 heterocycles. The van der Waals surface area contributed by atoms with Gasteiger partial charge in [-0.3, -0.25) is 4.79 Å². The van der Waals surface area contributed by atoms with Crippen molar-refractivity contribution in [3.05, 3.63) is 53.1 Å². The second-order valence-electron chi connectivity index (χ2n) is 7.48. The van der Waals surface area contributed by atoms with Crippen LogP contribution in [0.3, 0.4) is 0 Å². The van der Waals surface area contributed by atoms with Crippen molar-refractivity contribution in [2.45, 2.75) is 51.6 Å². The molecule has 1 fully saturated rings. The molecule has 1 N–H and O–H groups in total. The first kappa shape index (κ1) is 18.9. The Morgan fingerprint density at radius 3 is 2.96 bits per heavy atom. The smallest absolute Gasteiger partial charge is 0.227 e. The number of fused-ring (bicyclic) bond motifs is 1. The van der Waals surface area contributed by atoms with E-state index in [2.05, 4.69) is 10.3 Å². The second-order valence-corrected chi connectivity index (χ2v) is 7.48. The highest BCUT2D eigenvalue weighted by Gasteiger charge is 2.30. The molecule has 6 heteroatoms. The van der Waals surface area contributed by atoms with Gasteiger partial charge in [-0.05, 0) is 43.9 Å². The van der Waals surface area contributed by atoms with Crippen LogP contribution in [-0.4, -0.2) is 40.5 Å². The van der Waals surface area contributed by atoms with Crippen LogP contribution in [0.1, 0.15) is 54.9 Å². The number of hydrogen-bond acceptors (Lipinski definition) is 5. The molecule has 1 aromatic carbocycles. The van der Waals surface area contributed by atoms with Gasteiger partial charge in [0.2, 0.25) is 5.91 Å². The highest BCUT2D eigenvalue weighted by atomic mass is 16.5. The lowest BCUT2D eigenvalue weighted by Gasteiger charge is -2.35. The van der Waals surface area contributed by atoms with Crippen molar-refractivity contribution >= 4 is 5.91 Å². The van der Waals surface area contributed by atoms with Gasteiger partial charge in [0.1, 0.15) is 5.75 Å². The lowest BCUT2D eigenvalue weighted by Crippen LogP contribution is -2.40. The van der Waals surface area contributed by atoms with E-state index in [1.165, 1.54) is 5.56 Å². The zero-order valence-electron chi connectivity index (χ0n) is 16.5. The first-order chi connectivity index (χ1) is 13.7. The molecule has 0 spiro atoms. The van der Waals surface area contributed by atoms with Crippen molar-refractivity contribution in [1.82, 2.24) is 20.2 Å². The molecule has 6 nitrogen and oxygen atoms in total. The number of carbonyl (C=O) groups is 1. The standard InChI is InChI=1S/C22H28N4O2/c1-2-28-18-8-6-16(7-9-18)13-21(27)26-12-4-3-5-20(26)22-24-15-17-14-23-11-10-19(17)25-22/h6-9,15,20,23H,2-5,10-14H2,1H3/t20-/m1/s1. The fraction of sp³-hybridized carbons (Fsp3) is 0.500. The number of aromatic nitrogens is 2. The van der Waals surface area contributed by atoms with E-state index in [1.807, 2.05) is 42.3 Å². The minimum Gasteiger partial charge on any atom is -0.494 e. The number of nitrogens with one attached hydrogen (secondary N) is 1. The number of hydrogen-bond donors (Lipinski definition) is 1. The summed E-state index contributed by atoms with van der Waals surface area (Å²) in [5.74, 6) is 1.80. The van der Waals surface area contributed by atoms with E-state index in [1.54, 1.807) is 0 Å². The monoisotopic (exact) mass is 380 g/mol. The number of nitrogens with zero attached hydrogens (tertiary/aromatic N) is 3. The number of rotatable bonds is 5. The highest BCUT2D eigenvalue weighted by molar-refractivity contribution is 5.79. The zero-order valence-corrected chi connectivity index (χ0v) is 16.5. The van der Waals surface area contributed by atoms with E-state index in [-0.39, 0.29) is 11.9 Å². The van der Waals surface area contributed by atoms with Crippen LogP contribution in [0, 0.1) is 0 Å². The molecular formula is C22H28N4O2. The number of piperidine rings is 1. The summed E-state index contributed by atoms with van der Waals surface area (Å²) >= 11 is 0. The molecule has 1 atom stereocenters. The van der Waals surface area contributed by atoms with Crippen LogP contribution in [0.2, 0.25) is 0 Å². The van der Waals surface area contributed by atoms with Gasteiger partial charge in [-0.25, -0.2) is 9.97 Å². The van der Waals surface area contributed by atoms with E-state index < -0.39 is 0 Å². The second kappa shape index (κ2) is 8.69. The van der Waals surface area contributed by atoms with Gasteiger partial charge in [-0.1, -0.05) is 12.1 Å². The van der Waals surface area contributed by atoms with Crippen LogP contribution >= 0.6 is 0 Å². The molecule has 2 aromatic rings. The molecule has 0 unspecified atom stereocenters. The average Bonchev–Trinajstić information content (AvgIpc) is 2.75. The number of benzene rings is 1. The lowest BCUT2D eigenvalue weighted by molar-refractivity contribution is -0.134. The van der Waals surface area contributed by atoms with Gasteiger partial charge in [0, 0.05) is 43.5 Å². The summed E-state index contributed by atoms with van der Waals surface area (Å²) in [6.07, 6.45) is 6.36. The summed E-state index contributed by atoms with van der Waals surface area (Å²) in [5.41, 5.74) is 3.32. The van der Waals surface area contributed by atoms with Gasteiger partial charge in [0.25, 0.3) is 0 Å². The topological polar surface area (TPSA) is 67.3 Å². The maximum absolute atomic E-state index is 13.1. The maximum Gasteiger partial charge on any atom is 0.227 e. The van der Waals surface area contributed by atoms with Crippen molar-refractivity contribution in [3.63, 3.8) is 0 Å². The van der Waals surface area contributed by atoms with Crippen LogP contribution in [0.5, 0.6) is 5.75 Å². The molecule has 0 bridgehead atoms. The summed E-state index contributed by atoms with van der Waals surface area (Å²) in [5, 5.41) is 3.35. The molecule has 1 amide bonds. The molecule has 0 radical (unpaired) electrons. The van der Waals surface area contributed by atoms with Gasteiger partial charge >= 0.3 is 0 Å². The molecule has 2 aliphatic heterocycles. The van der Waals surface area contributed by atoms with Gasteiger partial charge < -0.3 is 15.0 Å². The van der Waals surface area contributed by atoms with Crippen molar-refractivity contribution in [1.29, 1.82) is 0 Å². The number of likely N-dealkylation sites (tertiary alicyclic amines) is 1. The Kier molecular flexibility index (Phi) is 5.86. The average molecular weight is 380 g/mol. The van der Waals surface area contributed by atoms with Gasteiger partial charge in [-0.2, -0.15) is 0 Å². The Labute approximate surface area is 166 Å². The maximum atomic E-state index is 13.1. The predicted molar refractivity (Wildman–Crippen MR) is 107 cm³/mol. The van der Waals surface area contributed by atoms with Gasteiger partial charge in [0.05, 0.1) is 19.1 Å². The van der Waals surface area contributed by atoms with E-state index in [0.29, 0.717) is 13.0 Å². The van der Waals surface area contributed by atoms with Crippen molar-refractivity contribution in [3.8, 4) is 5.75 Å². The summed E-state index contributed by atoms with van der Waals surface area (Å²) in [6, 6.07) is 7.80. The molecule has 0 aliphatic carbocycles. The number of ether oxygens (including phenoxy) is 1. The zero-order chi connectivity index (χ0) is 19.3. The Hall–Kier alpha value is -2.47. The molecule has 2 aliphatic rings. The molecule has 1 aromatic heterocycles. The lowest BCUT2D eigenvalue weighted by atomic mass is 9.99. The quantitative estimate of drug-likeness (QED) is 0.864. The molecule has 1 saturated heterocycles. The van der Waals surface area contributed by atoms with Crippen molar-refractivity contribution in [2.75, 3.05) is 19.7 Å². The minimum absolute atomic E-state index is 0.0101. The third kappa shape index (κ3) is 4.17. The highest BCUT2D eigenvalue weighted by Crippen LogP contribution is 2.30. The van der Waals surface area contributed by atoms with E-state index >= 15 is 0 Å². The summed E-state index contributed by atoms with van der Waals surface area (Å²) in [7, 11) is 0. The number of amides is 1.